The van der Waals surface area contributed by atoms with Crippen LogP contribution in [0.2, 0.25) is 0 Å². The second-order valence-corrected chi connectivity index (χ2v) is 7.46. The van der Waals surface area contributed by atoms with Crippen molar-refractivity contribution in [2.45, 2.75) is 45.6 Å². The number of hydrogen-bond donors (Lipinski definition) is 0. The highest BCUT2D eigenvalue weighted by atomic mass is 35.5. The fraction of sp³-hybridized carbons (Fsp3) is 0.318. The van der Waals surface area contributed by atoms with Crippen LogP contribution in [0.5, 0.6) is 0 Å². The van der Waals surface area contributed by atoms with Crippen LogP contribution in [0.4, 0.5) is 8.78 Å². The maximum Gasteiger partial charge on any atom is 0.254 e. The minimum atomic E-state index is -2.38. The second kappa shape index (κ2) is 9.74. The highest BCUT2D eigenvalue weighted by molar-refractivity contribution is 6.29. The summed E-state index contributed by atoms with van der Waals surface area (Å²) < 4.78 is 26.8. The summed E-state index contributed by atoms with van der Waals surface area (Å²) in [5.41, 5.74) is 2.89. The van der Waals surface area contributed by atoms with Gasteiger partial charge in [0.15, 0.2) is 0 Å². The van der Waals surface area contributed by atoms with Gasteiger partial charge in [0.05, 0.1) is 12.2 Å². The molecule has 0 bridgehead atoms. The molecule has 0 saturated heterocycles. The lowest BCUT2D eigenvalue weighted by molar-refractivity contribution is 0.134. The standard InChI is InChI=1S/C22H22ClF2N3O/c1-15-10-16(13-26-12-15)14-28-21(7-3-6-20(24)25)27-19(11-22(28)29)17-4-2-5-18(23)9-8-17/h2,4,8-13,20H,3,5-7,14H2,1H3. The van der Waals surface area contributed by atoms with Crippen molar-refractivity contribution < 1.29 is 8.78 Å². The van der Waals surface area contributed by atoms with Crippen LogP contribution in [0.25, 0.3) is 5.57 Å². The molecule has 152 valence electrons. The molecular formula is C22H22ClF2N3O. The Hall–Kier alpha value is -2.60. The summed E-state index contributed by atoms with van der Waals surface area (Å²) in [5.74, 6) is 0.489. The second-order valence-electron chi connectivity index (χ2n) is 6.98. The molecule has 0 amide bonds. The van der Waals surface area contributed by atoms with Gasteiger partial charge in [0, 0.05) is 48.3 Å². The first kappa shape index (κ1) is 21.1. The maximum atomic E-state index is 12.9. The van der Waals surface area contributed by atoms with E-state index in [-0.39, 0.29) is 18.4 Å². The molecular weight excluding hydrogens is 396 g/mol. The first-order valence-electron chi connectivity index (χ1n) is 9.45. The number of nitrogens with zero attached hydrogens (tertiary/aromatic N) is 3. The highest BCUT2D eigenvalue weighted by Crippen LogP contribution is 2.21. The summed E-state index contributed by atoms with van der Waals surface area (Å²) in [4.78, 5) is 21.7. The van der Waals surface area contributed by atoms with Crippen LogP contribution in [-0.4, -0.2) is 21.0 Å². The summed E-state index contributed by atoms with van der Waals surface area (Å²) in [7, 11) is 0. The topological polar surface area (TPSA) is 47.8 Å². The van der Waals surface area contributed by atoms with Crippen LogP contribution in [0.15, 0.2) is 58.7 Å². The van der Waals surface area contributed by atoms with Crippen molar-refractivity contribution >= 4 is 17.2 Å². The zero-order valence-corrected chi connectivity index (χ0v) is 16.9. The lowest BCUT2D eigenvalue weighted by atomic mass is 10.1. The fourth-order valence-electron chi connectivity index (χ4n) is 3.14. The zero-order chi connectivity index (χ0) is 20.8. The Balaban J connectivity index is 1.99. The molecule has 0 unspecified atom stereocenters. The van der Waals surface area contributed by atoms with Gasteiger partial charge in [-0.05, 0) is 30.5 Å². The average molecular weight is 418 g/mol. The molecule has 2 aromatic rings. The van der Waals surface area contributed by atoms with E-state index in [0.29, 0.717) is 35.9 Å². The number of rotatable bonds is 7. The van der Waals surface area contributed by atoms with Crippen molar-refractivity contribution in [3.05, 3.63) is 86.9 Å². The van der Waals surface area contributed by atoms with E-state index in [9.17, 15) is 13.6 Å². The Morgan fingerprint density at radius 2 is 2.07 bits per heavy atom. The van der Waals surface area contributed by atoms with Crippen molar-refractivity contribution in [1.82, 2.24) is 14.5 Å². The lowest BCUT2D eigenvalue weighted by Crippen LogP contribution is -2.26. The van der Waals surface area contributed by atoms with E-state index < -0.39 is 6.43 Å². The summed E-state index contributed by atoms with van der Waals surface area (Å²) in [5, 5.41) is 0.689. The van der Waals surface area contributed by atoms with E-state index in [0.717, 1.165) is 16.7 Å². The van der Waals surface area contributed by atoms with Gasteiger partial charge in [-0.3, -0.25) is 14.3 Å². The van der Waals surface area contributed by atoms with Gasteiger partial charge in [-0.1, -0.05) is 35.9 Å². The molecule has 3 rings (SSSR count). The summed E-state index contributed by atoms with van der Waals surface area (Å²) >= 11 is 6.06. The predicted octanol–water partition coefficient (Wildman–Crippen LogP) is 5.05. The monoisotopic (exact) mass is 417 g/mol. The lowest BCUT2D eigenvalue weighted by Gasteiger charge is -2.14. The van der Waals surface area contributed by atoms with Gasteiger partial charge < -0.3 is 0 Å². The van der Waals surface area contributed by atoms with Crippen molar-refractivity contribution in [3.8, 4) is 0 Å². The maximum absolute atomic E-state index is 12.9. The average Bonchev–Trinajstić information content (AvgIpc) is 2.88. The van der Waals surface area contributed by atoms with Crippen LogP contribution in [0, 0.1) is 6.92 Å². The number of alkyl halides is 2. The molecule has 0 fully saturated rings. The van der Waals surface area contributed by atoms with Gasteiger partial charge in [0.2, 0.25) is 6.43 Å². The van der Waals surface area contributed by atoms with Gasteiger partial charge in [-0.15, -0.1) is 0 Å². The third kappa shape index (κ3) is 5.94. The van der Waals surface area contributed by atoms with Gasteiger partial charge in [0.1, 0.15) is 5.82 Å². The SMILES string of the molecule is Cc1cncc(Cn2c(CCCC(F)F)nc(C3=CC=C(Cl)CC=C3)cc2=O)c1. The zero-order valence-electron chi connectivity index (χ0n) is 16.1. The predicted molar refractivity (Wildman–Crippen MR) is 111 cm³/mol. The van der Waals surface area contributed by atoms with Crippen molar-refractivity contribution in [2.24, 2.45) is 0 Å². The molecule has 0 spiro atoms. The summed E-state index contributed by atoms with van der Waals surface area (Å²) in [6, 6.07) is 3.42. The van der Waals surface area contributed by atoms with Crippen LogP contribution < -0.4 is 5.56 Å². The van der Waals surface area contributed by atoms with Crippen LogP contribution in [0.1, 0.15) is 41.9 Å². The Kier molecular flexibility index (Phi) is 7.09. The van der Waals surface area contributed by atoms with Crippen molar-refractivity contribution in [1.29, 1.82) is 0 Å². The Morgan fingerprint density at radius 3 is 2.83 bits per heavy atom. The molecule has 0 aromatic carbocycles. The molecule has 29 heavy (non-hydrogen) atoms. The summed E-state index contributed by atoms with van der Waals surface area (Å²) in [6.45, 7) is 2.22. The van der Waals surface area contributed by atoms with E-state index in [1.54, 1.807) is 18.5 Å². The minimum Gasteiger partial charge on any atom is -0.292 e. The van der Waals surface area contributed by atoms with E-state index in [1.165, 1.54) is 10.6 Å². The van der Waals surface area contributed by atoms with Crippen molar-refractivity contribution in [2.75, 3.05) is 0 Å². The number of aryl methyl sites for hydroxylation is 2. The molecule has 1 aliphatic carbocycles. The van der Waals surface area contributed by atoms with E-state index in [2.05, 4.69) is 9.97 Å². The van der Waals surface area contributed by atoms with Crippen molar-refractivity contribution in [3.63, 3.8) is 0 Å². The molecule has 0 radical (unpaired) electrons. The van der Waals surface area contributed by atoms with Gasteiger partial charge >= 0.3 is 0 Å². The first-order chi connectivity index (χ1) is 13.9. The Labute approximate surface area is 173 Å². The first-order valence-corrected chi connectivity index (χ1v) is 9.83. The molecule has 0 N–H and O–H groups in total. The molecule has 1 aliphatic rings. The van der Waals surface area contributed by atoms with Gasteiger partial charge in [0.25, 0.3) is 5.56 Å². The van der Waals surface area contributed by atoms with E-state index in [4.69, 9.17) is 11.6 Å². The quantitative estimate of drug-likeness (QED) is 0.633. The van der Waals surface area contributed by atoms with Gasteiger partial charge in [-0.25, -0.2) is 13.8 Å². The molecule has 4 nitrogen and oxygen atoms in total. The van der Waals surface area contributed by atoms with E-state index in [1.807, 2.05) is 31.2 Å². The normalized spacial score (nSPS) is 14.0. The molecule has 2 aromatic heterocycles. The third-order valence-electron chi connectivity index (χ3n) is 4.53. The molecule has 7 heteroatoms. The van der Waals surface area contributed by atoms with E-state index >= 15 is 0 Å². The number of pyridine rings is 1. The number of halogens is 3. The number of hydrogen-bond acceptors (Lipinski definition) is 3. The summed E-state index contributed by atoms with van der Waals surface area (Å²) in [6.07, 6.45) is 9.34. The van der Waals surface area contributed by atoms with Crippen LogP contribution in [-0.2, 0) is 13.0 Å². The number of allylic oxidation sites excluding steroid dienone is 6. The number of aromatic nitrogens is 3. The van der Waals surface area contributed by atoms with Gasteiger partial charge in [-0.2, -0.15) is 0 Å². The molecule has 2 heterocycles. The molecule has 0 atom stereocenters. The van der Waals surface area contributed by atoms with Crippen LogP contribution >= 0.6 is 11.6 Å². The largest absolute Gasteiger partial charge is 0.292 e. The smallest absolute Gasteiger partial charge is 0.254 e. The Morgan fingerprint density at radius 1 is 1.24 bits per heavy atom. The molecule has 0 saturated carbocycles. The minimum absolute atomic E-state index is 0.225. The Bertz CT molecular complexity index is 1020. The fourth-order valence-corrected chi connectivity index (χ4v) is 3.29. The highest BCUT2D eigenvalue weighted by Gasteiger charge is 2.13. The third-order valence-corrected chi connectivity index (χ3v) is 4.81. The molecule has 0 aliphatic heterocycles. The van der Waals surface area contributed by atoms with Crippen LogP contribution in [0.3, 0.4) is 0 Å².